The van der Waals surface area contributed by atoms with Gasteiger partial charge in [0.1, 0.15) is 6.29 Å². The van der Waals surface area contributed by atoms with Crippen LogP contribution in [0.3, 0.4) is 0 Å². The van der Waals surface area contributed by atoms with Crippen molar-refractivity contribution in [1.29, 1.82) is 0 Å². The molecule has 0 saturated heterocycles. The molecule has 1 atom stereocenters. The molecule has 0 heterocycles. The summed E-state index contributed by atoms with van der Waals surface area (Å²) in [6.07, 6.45) is 4.46. The van der Waals surface area contributed by atoms with Gasteiger partial charge in [0.25, 0.3) is 0 Å². The van der Waals surface area contributed by atoms with Crippen molar-refractivity contribution in [3.63, 3.8) is 0 Å². The molecule has 0 aromatic heterocycles. The molecule has 0 spiro atoms. The van der Waals surface area contributed by atoms with Crippen LogP contribution in [0.1, 0.15) is 46.8 Å². The molecule has 1 aromatic carbocycles. The third kappa shape index (κ3) is 3.45. The Morgan fingerprint density at radius 2 is 2.25 bits per heavy atom. The summed E-state index contributed by atoms with van der Waals surface area (Å²) in [4.78, 5) is 22.5. The van der Waals surface area contributed by atoms with Crippen LogP contribution in [0.2, 0.25) is 0 Å². The maximum atomic E-state index is 11.3. The van der Waals surface area contributed by atoms with Crippen molar-refractivity contribution in [3.05, 3.63) is 34.4 Å². The monoisotopic (exact) mass is 275 g/mol. The number of rotatable bonds is 6. The smallest absolute Gasteiger partial charge is 0.305 e. The second-order valence-electron chi connectivity index (χ2n) is 5.27. The molecule has 0 fully saturated rings. The molecule has 0 aliphatic heterocycles. The lowest BCUT2D eigenvalue weighted by Crippen LogP contribution is -2.19. The first-order chi connectivity index (χ1) is 9.63. The van der Waals surface area contributed by atoms with Crippen LogP contribution in [0.4, 0.5) is 0 Å². The normalized spacial score (nSPS) is 16.8. The highest BCUT2D eigenvalue weighted by Crippen LogP contribution is 2.26. The molecule has 0 bridgehead atoms. The average molecular weight is 275 g/mol. The first-order valence-corrected chi connectivity index (χ1v) is 7.15. The fourth-order valence-electron chi connectivity index (χ4n) is 2.79. The number of fused-ring (bicyclic) bond motifs is 1. The van der Waals surface area contributed by atoms with Crippen molar-refractivity contribution >= 4 is 12.3 Å². The highest BCUT2D eigenvalue weighted by atomic mass is 16.5. The minimum atomic E-state index is -0.161. The molecule has 1 aliphatic carbocycles. The number of carbonyl (C=O) groups excluding carboxylic acids is 2. The number of carbonyl (C=O) groups is 2. The Balaban J connectivity index is 2.01. The lowest BCUT2D eigenvalue weighted by Gasteiger charge is -2.08. The number of nitrogens with two attached hydrogens (primary N) is 1. The zero-order valence-electron chi connectivity index (χ0n) is 11.9. The number of hydrogen-bond acceptors (Lipinski definition) is 4. The zero-order chi connectivity index (χ0) is 14.5. The highest BCUT2D eigenvalue weighted by Gasteiger charge is 2.21. The van der Waals surface area contributed by atoms with Crippen molar-refractivity contribution in [2.75, 3.05) is 6.61 Å². The Kier molecular flexibility index (Phi) is 4.90. The van der Waals surface area contributed by atoms with Gasteiger partial charge in [-0.05, 0) is 55.4 Å². The lowest BCUT2D eigenvalue weighted by atomic mass is 9.97. The van der Waals surface area contributed by atoms with E-state index >= 15 is 0 Å². The predicted molar refractivity (Wildman–Crippen MR) is 76.8 cm³/mol. The molecular weight excluding hydrogens is 254 g/mol. The quantitative estimate of drug-likeness (QED) is 0.635. The van der Waals surface area contributed by atoms with E-state index in [9.17, 15) is 9.59 Å². The van der Waals surface area contributed by atoms with Crippen LogP contribution in [0.5, 0.6) is 0 Å². The van der Waals surface area contributed by atoms with Gasteiger partial charge >= 0.3 is 5.97 Å². The Hall–Kier alpha value is -1.68. The molecule has 20 heavy (non-hydrogen) atoms. The third-order valence-electron chi connectivity index (χ3n) is 3.66. The summed E-state index contributed by atoms with van der Waals surface area (Å²) in [6.45, 7) is 2.23. The standard InChI is InChI=1S/C16H21NO3/c1-2-20-16(19)5-3-4-11-6-12-8-14(17)9-15(12)13(7-11)10-18/h6-7,10,14H,2-5,8-9,17H2,1H3. The molecule has 2 N–H and O–H groups in total. The van der Waals surface area contributed by atoms with Crippen molar-refractivity contribution in [2.45, 2.75) is 45.1 Å². The predicted octanol–water partition coefficient (Wildman–Crippen LogP) is 1.81. The zero-order valence-corrected chi connectivity index (χ0v) is 11.9. The van der Waals surface area contributed by atoms with Gasteiger partial charge in [0.05, 0.1) is 6.61 Å². The fourth-order valence-corrected chi connectivity index (χ4v) is 2.79. The van der Waals surface area contributed by atoms with Crippen LogP contribution in [-0.2, 0) is 28.8 Å². The summed E-state index contributed by atoms with van der Waals surface area (Å²) >= 11 is 0. The molecule has 4 heteroatoms. The summed E-state index contributed by atoms with van der Waals surface area (Å²) in [5.74, 6) is -0.161. The van der Waals surface area contributed by atoms with Gasteiger partial charge < -0.3 is 10.5 Å². The van der Waals surface area contributed by atoms with Crippen LogP contribution >= 0.6 is 0 Å². The van der Waals surface area contributed by atoms with Crippen LogP contribution in [-0.4, -0.2) is 24.9 Å². The molecule has 0 saturated carbocycles. The van der Waals surface area contributed by atoms with Gasteiger partial charge in [0.2, 0.25) is 0 Å². The number of hydrogen-bond donors (Lipinski definition) is 1. The Bertz CT molecular complexity index is 511. The Morgan fingerprint density at radius 3 is 2.95 bits per heavy atom. The third-order valence-corrected chi connectivity index (χ3v) is 3.66. The van der Waals surface area contributed by atoms with E-state index in [1.807, 2.05) is 6.07 Å². The summed E-state index contributed by atoms with van der Waals surface area (Å²) in [5.41, 5.74) is 10.1. The van der Waals surface area contributed by atoms with Gasteiger partial charge in [-0.2, -0.15) is 0 Å². The van der Waals surface area contributed by atoms with Crippen LogP contribution in [0, 0.1) is 0 Å². The molecule has 0 amide bonds. The van der Waals surface area contributed by atoms with Gasteiger partial charge in [0.15, 0.2) is 0 Å². The molecular formula is C16H21NO3. The number of aldehydes is 1. The molecule has 1 aromatic rings. The summed E-state index contributed by atoms with van der Waals surface area (Å²) in [5, 5.41) is 0. The van der Waals surface area contributed by atoms with E-state index in [0.29, 0.717) is 13.0 Å². The van der Waals surface area contributed by atoms with Gasteiger partial charge in [-0.25, -0.2) is 0 Å². The van der Waals surface area contributed by atoms with E-state index in [-0.39, 0.29) is 12.0 Å². The van der Waals surface area contributed by atoms with Crippen LogP contribution in [0.15, 0.2) is 12.1 Å². The second kappa shape index (κ2) is 6.66. The van der Waals surface area contributed by atoms with E-state index in [0.717, 1.165) is 48.7 Å². The maximum Gasteiger partial charge on any atom is 0.305 e. The molecule has 108 valence electrons. The number of esters is 1. The maximum absolute atomic E-state index is 11.3. The molecule has 0 radical (unpaired) electrons. The van der Waals surface area contributed by atoms with Crippen molar-refractivity contribution in [3.8, 4) is 0 Å². The SMILES string of the molecule is CCOC(=O)CCCc1cc(C=O)c2c(c1)CC(N)C2. The minimum Gasteiger partial charge on any atom is -0.466 e. The van der Waals surface area contributed by atoms with E-state index < -0.39 is 0 Å². The van der Waals surface area contributed by atoms with Gasteiger partial charge in [0, 0.05) is 18.0 Å². The first kappa shape index (κ1) is 14.7. The topological polar surface area (TPSA) is 69.4 Å². The molecule has 1 aliphatic rings. The van der Waals surface area contributed by atoms with Crippen molar-refractivity contribution in [2.24, 2.45) is 5.73 Å². The first-order valence-electron chi connectivity index (χ1n) is 7.15. The van der Waals surface area contributed by atoms with Crippen LogP contribution < -0.4 is 5.73 Å². The van der Waals surface area contributed by atoms with E-state index in [1.54, 1.807) is 6.92 Å². The van der Waals surface area contributed by atoms with E-state index in [1.165, 1.54) is 5.56 Å². The van der Waals surface area contributed by atoms with E-state index in [4.69, 9.17) is 10.5 Å². The number of ether oxygens (including phenoxy) is 1. The largest absolute Gasteiger partial charge is 0.466 e. The minimum absolute atomic E-state index is 0.124. The molecule has 1 unspecified atom stereocenters. The summed E-state index contributed by atoms with van der Waals surface area (Å²) in [6, 6.07) is 4.17. The van der Waals surface area contributed by atoms with Gasteiger partial charge in [-0.15, -0.1) is 0 Å². The van der Waals surface area contributed by atoms with Crippen molar-refractivity contribution < 1.29 is 14.3 Å². The fraction of sp³-hybridized carbons (Fsp3) is 0.500. The second-order valence-corrected chi connectivity index (χ2v) is 5.27. The number of aryl methyl sites for hydroxylation is 1. The van der Waals surface area contributed by atoms with Crippen LogP contribution in [0.25, 0.3) is 0 Å². The van der Waals surface area contributed by atoms with E-state index in [2.05, 4.69) is 6.07 Å². The van der Waals surface area contributed by atoms with Crippen molar-refractivity contribution in [1.82, 2.24) is 0 Å². The summed E-state index contributed by atoms with van der Waals surface area (Å²) in [7, 11) is 0. The number of benzene rings is 1. The summed E-state index contributed by atoms with van der Waals surface area (Å²) < 4.78 is 4.90. The molecule has 4 nitrogen and oxygen atoms in total. The van der Waals surface area contributed by atoms with Gasteiger partial charge in [-0.1, -0.05) is 6.07 Å². The lowest BCUT2D eigenvalue weighted by molar-refractivity contribution is -0.143. The molecule has 2 rings (SSSR count). The van der Waals surface area contributed by atoms with Gasteiger partial charge in [-0.3, -0.25) is 9.59 Å². The average Bonchev–Trinajstić information content (AvgIpc) is 2.78. The Morgan fingerprint density at radius 1 is 1.45 bits per heavy atom. The Labute approximate surface area is 119 Å². The highest BCUT2D eigenvalue weighted by molar-refractivity contribution is 5.79.